The summed E-state index contributed by atoms with van der Waals surface area (Å²) in [6, 6.07) is 6.16. The van der Waals surface area contributed by atoms with Gasteiger partial charge >= 0.3 is 6.03 Å². The van der Waals surface area contributed by atoms with Gasteiger partial charge in [0.2, 0.25) is 0 Å². The minimum atomic E-state index is -0.899. The van der Waals surface area contributed by atoms with Crippen LogP contribution in [0.25, 0.3) is 0 Å². The molecule has 1 aliphatic rings. The maximum absolute atomic E-state index is 12.1. The van der Waals surface area contributed by atoms with E-state index >= 15 is 0 Å². The third-order valence-electron chi connectivity index (χ3n) is 3.11. The van der Waals surface area contributed by atoms with E-state index in [1.165, 1.54) is 0 Å². The first kappa shape index (κ1) is 14.0. The number of rotatable bonds is 3. The average molecular weight is 276 g/mol. The zero-order valence-electron chi connectivity index (χ0n) is 11.3. The Kier molecular flexibility index (Phi) is 3.46. The van der Waals surface area contributed by atoms with E-state index in [4.69, 9.17) is 5.84 Å². The zero-order chi connectivity index (χ0) is 14.9. The van der Waals surface area contributed by atoms with Crippen molar-refractivity contribution in [3.63, 3.8) is 0 Å². The number of urea groups is 1. The number of benzene rings is 1. The molecule has 20 heavy (non-hydrogen) atoms. The van der Waals surface area contributed by atoms with E-state index < -0.39 is 17.5 Å². The van der Waals surface area contributed by atoms with Crippen LogP contribution in [0.1, 0.15) is 29.8 Å². The molecule has 1 heterocycles. The molecule has 1 aromatic rings. The van der Waals surface area contributed by atoms with Crippen LogP contribution < -0.4 is 16.6 Å². The van der Waals surface area contributed by atoms with Crippen LogP contribution in [0.4, 0.5) is 4.79 Å². The summed E-state index contributed by atoms with van der Waals surface area (Å²) >= 11 is 0. The lowest BCUT2D eigenvalue weighted by atomic mass is 10.1. The number of nitrogens with two attached hydrogens (primary N) is 1. The maximum atomic E-state index is 12.1. The van der Waals surface area contributed by atoms with E-state index in [1.54, 1.807) is 38.1 Å². The molecule has 106 valence electrons. The second-order valence-electron chi connectivity index (χ2n) is 5.12. The molecule has 1 aliphatic heterocycles. The van der Waals surface area contributed by atoms with Crippen LogP contribution in [0, 0.1) is 0 Å². The molecular weight excluding hydrogens is 260 g/mol. The lowest BCUT2D eigenvalue weighted by molar-refractivity contribution is -0.130. The first-order chi connectivity index (χ1) is 9.35. The van der Waals surface area contributed by atoms with E-state index in [2.05, 4.69) is 5.32 Å². The van der Waals surface area contributed by atoms with Crippen LogP contribution in [-0.2, 0) is 11.3 Å². The fraction of sp³-hybridized carbons (Fsp3) is 0.308. The van der Waals surface area contributed by atoms with E-state index in [-0.39, 0.29) is 12.5 Å². The lowest BCUT2D eigenvalue weighted by Gasteiger charge is -2.16. The summed E-state index contributed by atoms with van der Waals surface area (Å²) in [4.78, 5) is 36.4. The Morgan fingerprint density at radius 3 is 2.65 bits per heavy atom. The Balaban J connectivity index is 2.21. The van der Waals surface area contributed by atoms with Gasteiger partial charge in [0.25, 0.3) is 11.8 Å². The summed E-state index contributed by atoms with van der Waals surface area (Å²) in [7, 11) is 0. The molecule has 0 aromatic heterocycles. The van der Waals surface area contributed by atoms with Crippen LogP contribution in [0.5, 0.6) is 0 Å². The second kappa shape index (κ2) is 4.93. The van der Waals surface area contributed by atoms with Gasteiger partial charge < -0.3 is 5.32 Å². The highest BCUT2D eigenvalue weighted by atomic mass is 16.2. The summed E-state index contributed by atoms with van der Waals surface area (Å²) in [6.45, 7) is 3.40. The molecule has 2 rings (SSSR count). The molecule has 1 fully saturated rings. The summed E-state index contributed by atoms with van der Waals surface area (Å²) in [5.41, 5.74) is 2.18. The Morgan fingerprint density at radius 1 is 1.40 bits per heavy atom. The van der Waals surface area contributed by atoms with Gasteiger partial charge in [0.15, 0.2) is 0 Å². The van der Waals surface area contributed by atoms with Crippen molar-refractivity contribution in [2.75, 3.05) is 0 Å². The topological polar surface area (TPSA) is 105 Å². The van der Waals surface area contributed by atoms with Crippen molar-refractivity contribution in [1.29, 1.82) is 0 Å². The van der Waals surface area contributed by atoms with Crippen LogP contribution in [0.2, 0.25) is 0 Å². The predicted octanol–water partition coefficient (Wildman–Crippen LogP) is 0.121. The fourth-order valence-corrected chi connectivity index (χ4v) is 2.04. The van der Waals surface area contributed by atoms with Gasteiger partial charge in [0, 0.05) is 5.56 Å². The third kappa shape index (κ3) is 2.48. The van der Waals surface area contributed by atoms with Crippen molar-refractivity contribution in [2.45, 2.75) is 25.9 Å². The van der Waals surface area contributed by atoms with Crippen molar-refractivity contribution in [1.82, 2.24) is 15.6 Å². The van der Waals surface area contributed by atoms with Gasteiger partial charge in [-0.05, 0) is 31.5 Å². The molecule has 0 atom stereocenters. The second-order valence-corrected chi connectivity index (χ2v) is 5.12. The number of hydrogen-bond donors (Lipinski definition) is 3. The van der Waals surface area contributed by atoms with E-state index in [0.29, 0.717) is 11.1 Å². The number of hydrogen-bond acceptors (Lipinski definition) is 4. The summed E-state index contributed by atoms with van der Waals surface area (Å²) in [6.07, 6.45) is 0. The molecule has 1 saturated heterocycles. The molecule has 0 saturated carbocycles. The normalized spacial score (nSPS) is 17.1. The highest BCUT2D eigenvalue weighted by Crippen LogP contribution is 2.19. The zero-order valence-corrected chi connectivity index (χ0v) is 11.3. The highest BCUT2D eigenvalue weighted by Gasteiger charge is 2.44. The first-order valence-corrected chi connectivity index (χ1v) is 6.09. The standard InChI is InChI=1S/C13H16N4O3/c1-13(2)11(19)17(12(20)15-13)7-8-4-3-5-9(6-8)10(18)16-14/h3-6H,7,14H2,1-2H3,(H,15,20)(H,16,18). The van der Waals surface area contributed by atoms with Crippen LogP contribution in [0.3, 0.4) is 0 Å². The van der Waals surface area contributed by atoms with Crippen LogP contribution in [-0.4, -0.2) is 28.3 Å². The van der Waals surface area contributed by atoms with E-state index in [1.807, 2.05) is 5.43 Å². The fourth-order valence-electron chi connectivity index (χ4n) is 2.04. The van der Waals surface area contributed by atoms with Crippen molar-refractivity contribution in [3.05, 3.63) is 35.4 Å². The van der Waals surface area contributed by atoms with Gasteiger partial charge in [-0.3, -0.25) is 19.9 Å². The van der Waals surface area contributed by atoms with Gasteiger partial charge in [-0.1, -0.05) is 12.1 Å². The van der Waals surface area contributed by atoms with E-state index in [9.17, 15) is 14.4 Å². The highest BCUT2D eigenvalue weighted by molar-refractivity contribution is 6.06. The maximum Gasteiger partial charge on any atom is 0.325 e. The van der Waals surface area contributed by atoms with Gasteiger partial charge in [-0.25, -0.2) is 10.6 Å². The number of nitrogens with zero attached hydrogens (tertiary/aromatic N) is 1. The average Bonchev–Trinajstić information content (AvgIpc) is 2.60. The van der Waals surface area contributed by atoms with E-state index in [0.717, 1.165) is 4.90 Å². The molecule has 0 bridgehead atoms. The minimum absolute atomic E-state index is 0.111. The first-order valence-electron chi connectivity index (χ1n) is 6.09. The molecule has 0 spiro atoms. The van der Waals surface area contributed by atoms with Crippen molar-refractivity contribution >= 4 is 17.8 Å². The minimum Gasteiger partial charge on any atom is -0.324 e. The van der Waals surface area contributed by atoms with Crippen LogP contribution >= 0.6 is 0 Å². The Bertz CT molecular complexity index is 583. The van der Waals surface area contributed by atoms with Crippen LogP contribution in [0.15, 0.2) is 24.3 Å². The third-order valence-corrected chi connectivity index (χ3v) is 3.11. The molecule has 7 nitrogen and oxygen atoms in total. The Hall–Kier alpha value is -2.41. The summed E-state index contributed by atoms with van der Waals surface area (Å²) < 4.78 is 0. The molecule has 1 aromatic carbocycles. The molecule has 0 unspecified atom stereocenters. The molecule has 0 aliphatic carbocycles. The SMILES string of the molecule is CC1(C)NC(=O)N(Cc2cccc(C(=O)NN)c2)C1=O. The van der Waals surface area contributed by atoms with Crippen molar-refractivity contribution < 1.29 is 14.4 Å². The molecule has 4 amide bonds. The molecule has 4 N–H and O–H groups in total. The summed E-state index contributed by atoms with van der Waals surface area (Å²) in [5, 5.41) is 2.60. The van der Waals surface area contributed by atoms with Gasteiger partial charge in [-0.15, -0.1) is 0 Å². The molecule has 7 heteroatoms. The number of amides is 4. The largest absolute Gasteiger partial charge is 0.325 e. The number of carbonyl (C=O) groups is 3. The number of nitrogen functional groups attached to an aromatic ring is 1. The van der Waals surface area contributed by atoms with Crippen molar-refractivity contribution in [3.8, 4) is 0 Å². The molecular formula is C13H16N4O3. The monoisotopic (exact) mass is 276 g/mol. The van der Waals surface area contributed by atoms with Gasteiger partial charge in [0.05, 0.1) is 6.54 Å². The summed E-state index contributed by atoms with van der Waals surface area (Å²) in [5.74, 6) is 4.35. The van der Waals surface area contributed by atoms with Gasteiger partial charge in [0.1, 0.15) is 5.54 Å². The van der Waals surface area contributed by atoms with Crippen molar-refractivity contribution in [2.24, 2.45) is 5.84 Å². The number of nitrogens with one attached hydrogen (secondary N) is 2. The predicted molar refractivity (Wildman–Crippen MR) is 71.3 cm³/mol. The Labute approximate surface area is 116 Å². The number of hydrazine groups is 1. The number of carbonyl (C=O) groups excluding carboxylic acids is 3. The number of imide groups is 1. The quantitative estimate of drug-likeness (QED) is 0.315. The lowest BCUT2D eigenvalue weighted by Crippen LogP contribution is -2.40. The smallest absolute Gasteiger partial charge is 0.324 e. The Morgan fingerprint density at radius 2 is 2.10 bits per heavy atom. The van der Waals surface area contributed by atoms with Gasteiger partial charge in [-0.2, -0.15) is 0 Å². The molecule has 0 radical (unpaired) electrons.